The minimum absolute atomic E-state index is 0.0647. The van der Waals surface area contributed by atoms with E-state index >= 15 is 0 Å². The summed E-state index contributed by atoms with van der Waals surface area (Å²) in [6.45, 7) is 2.88. The van der Waals surface area contributed by atoms with E-state index in [9.17, 15) is 13.2 Å². The number of hydrogen-bond acceptors (Lipinski definition) is 4. The Hall–Kier alpha value is -3.03. The van der Waals surface area contributed by atoms with Crippen molar-refractivity contribution in [2.45, 2.75) is 31.1 Å². The topological polar surface area (TPSA) is 66.9 Å². The predicted molar refractivity (Wildman–Crippen MR) is 134 cm³/mol. The van der Waals surface area contributed by atoms with Crippen molar-refractivity contribution in [2.24, 2.45) is 0 Å². The van der Waals surface area contributed by atoms with Gasteiger partial charge in [0, 0.05) is 18.7 Å². The molecule has 0 aliphatic carbocycles. The van der Waals surface area contributed by atoms with Gasteiger partial charge < -0.3 is 9.64 Å². The average Bonchev–Trinajstić information content (AvgIpc) is 3.29. The molecular weight excluding hydrogens is 472 g/mol. The van der Waals surface area contributed by atoms with Gasteiger partial charge in [-0.15, -0.1) is 0 Å². The van der Waals surface area contributed by atoms with E-state index in [4.69, 9.17) is 16.3 Å². The first-order valence-corrected chi connectivity index (χ1v) is 13.0. The number of methoxy groups -OCH3 is 1. The predicted octanol–water partition coefficient (Wildman–Crippen LogP) is 5.00. The minimum atomic E-state index is -3.94. The zero-order chi connectivity index (χ0) is 24.0. The summed E-state index contributed by atoms with van der Waals surface area (Å²) in [5.74, 6) is 0.351. The number of rotatable bonds is 4. The Morgan fingerprint density at radius 3 is 2.62 bits per heavy atom. The lowest BCUT2D eigenvalue weighted by molar-refractivity contribution is 0.0984. The standard InChI is InChI=1S/C26H25ClN2O4S/c1-17-9-12-23(33-2)25-20(17)7-5-14-28(25)26(30)19-10-11-21(27)24(16-19)34(31,32)29-15-13-18-6-3-4-8-22(18)29/h3-4,6,8-12,16H,5,7,13-15H2,1-2H3. The van der Waals surface area contributed by atoms with Crippen LogP contribution in [-0.4, -0.2) is 34.5 Å². The summed E-state index contributed by atoms with van der Waals surface area (Å²) in [6.07, 6.45) is 2.31. The highest BCUT2D eigenvalue weighted by atomic mass is 35.5. The van der Waals surface area contributed by atoms with Crippen molar-refractivity contribution < 1.29 is 17.9 Å². The van der Waals surface area contributed by atoms with Crippen LogP contribution >= 0.6 is 11.6 Å². The number of nitrogens with zero attached hydrogens (tertiary/aromatic N) is 2. The van der Waals surface area contributed by atoms with Crippen LogP contribution in [0.5, 0.6) is 5.75 Å². The van der Waals surface area contributed by atoms with Gasteiger partial charge in [0.1, 0.15) is 10.6 Å². The van der Waals surface area contributed by atoms with Gasteiger partial charge in [-0.05, 0) is 73.2 Å². The van der Waals surface area contributed by atoms with Crippen LogP contribution in [0.4, 0.5) is 11.4 Å². The molecule has 0 saturated carbocycles. The van der Waals surface area contributed by atoms with Crippen molar-refractivity contribution in [2.75, 3.05) is 29.4 Å². The number of aryl methyl sites for hydroxylation is 1. The zero-order valence-corrected chi connectivity index (χ0v) is 20.6. The molecule has 5 rings (SSSR count). The minimum Gasteiger partial charge on any atom is -0.495 e. The maximum Gasteiger partial charge on any atom is 0.265 e. The lowest BCUT2D eigenvalue weighted by Crippen LogP contribution is -2.36. The second-order valence-electron chi connectivity index (χ2n) is 8.57. The Kier molecular flexibility index (Phi) is 5.78. The molecule has 0 spiro atoms. The van der Waals surface area contributed by atoms with Crippen LogP contribution in [0, 0.1) is 6.92 Å². The van der Waals surface area contributed by atoms with E-state index in [-0.39, 0.29) is 21.4 Å². The molecule has 0 unspecified atom stereocenters. The fourth-order valence-electron chi connectivity index (χ4n) is 4.89. The van der Waals surface area contributed by atoms with Gasteiger partial charge >= 0.3 is 0 Å². The maximum absolute atomic E-state index is 13.7. The third kappa shape index (κ3) is 3.63. The van der Waals surface area contributed by atoms with Crippen molar-refractivity contribution in [3.63, 3.8) is 0 Å². The van der Waals surface area contributed by atoms with Crippen molar-refractivity contribution in [1.82, 2.24) is 0 Å². The molecule has 0 fully saturated rings. The summed E-state index contributed by atoms with van der Waals surface area (Å²) in [7, 11) is -2.36. The molecule has 3 aromatic carbocycles. The van der Waals surface area contributed by atoms with Crippen LogP contribution < -0.4 is 13.9 Å². The molecule has 6 nitrogen and oxygen atoms in total. The second-order valence-corrected chi connectivity index (χ2v) is 10.8. The number of carbonyl (C=O) groups is 1. The van der Waals surface area contributed by atoms with Gasteiger partial charge in [0.25, 0.3) is 15.9 Å². The van der Waals surface area contributed by atoms with Gasteiger partial charge in [0.15, 0.2) is 0 Å². The largest absolute Gasteiger partial charge is 0.495 e. The van der Waals surface area contributed by atoms with Gasteiger partial charge in [-0.2, -0.15) is 0 Å². The fraction of sp³-hybridized carbons (Fsp3) is 0.269. The van der Waals surface area contributed by atoms with Gasteiger partial charge in [-0.1, -0.05) is 35.9 Å². The highest BCUT2D eigenvalue weighted by Crippen LogP contribution is 2.40. The first-order valence-electron chi connectivity index (χ1n) is 11.2. The van der Waals surface area contributed by atoms with Crippen LogP contribution in [0.2, 0.25) is 5.02 Å². The Labute approximate surface area is 204 Å². The van der Waals surface area contributed by atoms with E-state index in [1.165, 1.54) is 16.4 Å². The summed E-state index contributed by atoms with van der Waals surface area (Å²) in [6, 6.07) is 15.8. The fourth-order valence-corrected chi connectivity index (χ4v) is 6.89. The zero-order valence-electron chi connectivity index (χ0n) is 19.0. The Morgan fingerprint density at radius 1 is 1.03 bits per heavy atom. The molecule has 2 aliphatic heterocycles. The monoisotopic (exact) mass is 496 g/mol. The highest BCUT2D eigenvalue weighted by Gasteiger charge is 2.34. The summed E-state index contributed by atoms with van der Waals surface area (Å²) in [4.78, 5) is 15.3. The third-order valence-corrected chi connectivity index (χ3v) is 8.91. The lowest BCUT2D eigenvalue weighted by Gasteiger charge is -2.32. The van der Waals surface area contributed by atoms with Gasteiger partial charge in [-0.25, -0.2) is 8.42 Å². The number of hydrogen-bond donors (Lipinski definition) is 0. The summed E-state index contributed by atoms with van der Waals surface area (Å²) >= 11 is 6.38. The number of ether oxygens (including phenoxy) is 1. The van der Waals surface area contributed by atoms with Gasteiger partial charge in [-0.3, -0.25) is 9.10 Å². The van der Waals surface area contributed by atoms with E-state index in [0.29, 0.717) is 30.9 Å². The molecule has 0 bridgehead atoms. The molecule has 1 amide bonds. The number of halogens is 1. The number of carbonyl (C=O) groups excluding carboxylic acids is 1. The third-order valence-electron chi connectivity index (χ3n) is 6.61. The van der Waals surface area contributed by atoms with Crippen LogP contribution in [0.25, 0.3) is 0 Å². The van der Waals surface area contributed by atoms with E-state index in [1.54, 1.807) is 24.1 Å². The Morgan fingerprint density at radius 2 is 1.82 bits per heavy atom. The molecule has 2 heterocycles. The number of fused-ring (bicyclic) bond motifs is 2. The Balaban J connectivity index is 1.55. The smallest absolute Gasteiger partial charge is 0.265 e. The molecule has 0 atom stereocenters. The second kappa shape index (κ2) is 8.64. The molecule has 0 saturated heterocycles. The lowest BCUT2D eigenvalue weighted by atomic mass is 9.95. The van der Waals surface area contributed by atoms with Crippen LogP contribution in [-0.2, 0) is 22.9 Å². The molecule has 176 valence electrons. The summed E-state index contributed by atoms with van der Waals surface area (Å²) in [5.41, 5.74) is 4.83. The van der Waals surface area contributed by atoms with Crippen molar-refractivity contribution in [3.8, 4) is 5.75 Å². The van der Waals surface area contributed by atoms with Crippen molar-refractivity contribution in [3.05, 3.63) is 81.9 Å². The highest BCUT2D eigenvalue weighted by molar-refractivity contribution is 7.93. The molecule has 0 radical (unpaired) electrons. The number of anilines is 2. The molecule has 2 aliphatic rings. The van der Waals surface area contributed by atoms with Crippen molar-refractivity contribution in [1.29, 1.82) is 0 Å². The summed E-state index contributed by atoms with van der Waals surface area (Å²) in [5, 5.41) is 0.0911. The number of amides is 1. The molecule has 8 heteroatoms. The SMILES string of the molecule is COc1ccc(C)c2c1N(C(=O)c1ccc(Cl)c(S(=O)(=O)N3CCc4ccccc43)c1)CCC2. The van der Waals surface area contributed by atoms with Crippen LogP contribution in [0.15, 0.2) is 59.5 Å². The molecule has 0 N–H and O–H groups in total. The van der Waals surface area contributed by atoms with Gasteiger partial charge in [0.2, 0.25) is 0 Å². The van der Waals surface area contributed by atoms with Gasteiger partial charge in [0.05, 0.1) is 23.5 Å². The number of benzene rings is 3. The van der Waals surface area contributed by atoms with E-state index in [0.717, 1.165) is 35.2 Å². The van der Waals surface area contributed by atoms with E-state index in [2.05, 4.69) is 0 Å². The normalized spacial score (nSPS) is 15.1. The maximum atomic E-state index is 13.7. The molecule has 34 heavy (non-hydrogen) atoms. The quantitative estimate of drug-likeness (QED) is 0.509. The molecule has 3 aromatic rings. The van der Waals surface area contributed by atoms with Crippen molar-refractivity contribution >= 4 is 38.9 Å². The average molecular weight is 497 g/mol. The van der Waals surface area contributed by atoms with E-state index < -0.39 is 10.0 Å². The first-order chi connectivity index (χ1) is 16.3. The first kappa shape index (κ1) is 22.7. The number of para-hydroxylation sites is 1. The van der Waals surface area contributed by atoms with E-state index in [1.807, 2.05) is 37.3 Å². The molecule has 0 aromatic heterocycles. The van der Waals surface area contributed by atoms with Crippen LogP contribution in [0.3, 0.4) is 0 Å². The number of sulfonamides is 1. The Bertz CT molecular complexity index is 1400. The molecular formula is C26H25ClN2O4S. The summed E-state index contributed by atoms with van der Waals surface area (Å²) < 4.78 is 34.2. The van der Waals surface area contributed by atoms with Crippen LogP contribution in [0.1, 0.15) is 33.5 Å².